The lowest BCUT2D eigenvalue weighted by Crippen LogP contribution is -2.42. The van der Waals surface area contributed by atoms with Gasteiger partial charge in [-0.3, -0.25) is 4.90 Å². The van der Waals surface area contributed by atoms with E-state index in [4.69, 9.17) is 0 Å². The van der Waals surface area contributed by atoms with Gasteiger partial charge in [0.2, 0.25) is 0 Å². The van der Waals surface area contributed by atoms with Crippen molar-refractivity contribution in [2.24, 2.45) is 0 Å². The molecular weight excluding hydrogens is 472 g/mol. The Balaban J connectivity index is 0.00000385. The third kappa shape index (κ3) is 7.53. The minimum absolute atomic E-state index is 0. The van der Waals surface area contributed by atoms with Crippen LogP contribution in [-0.4, -0.2) is 42.0 Å². The monoisotopic (exact) mass is 495 g/mol. The molecule has 2 amide bonds. The van der Waals surface area contributed by atoms with Crippen molar-refractivity contribution in [3.05, 3.63) is 70.8 Å². The fourth-order valence-corrected chi connectivity index (χ4v) is 3.63. The third-order valence-electron chi connectivity index (χ3n) is 5.30. The number of carbonyl (C=O) groups is 1. The maximum atomic E-state index is 13.3. The van der Waals surface area contributed by atoms with Crippen LogP contribution in [0.2, 0.25) is 0 Å². The van der Waals surface area contributed by atoms with Gasteiger partial charge in [0.05, 0.1) is 11.1 Å². The summed E-state index contributed by atoms with van der Waals surface area (Å²) < 4.78 is 78.2. The Labute approximate surface area is 194 Å². The fraction of sp³-hybridized carbons (Fsp3) is 0.409. The molecule has 3 rings (SSSR count). The SMILES string of the molecule is Cl.O=C(NCc1ccc(C(F)(F)F)cc1C(F)(F)F)N1CCCN(Cc2ccccc2)CC1. The summed E-state index contributed by atoms with van der Waals surface area (Å²) in [6.07, 6.45) is -9.16. The summed E-state index contributed by atoms with van der Waals surface area (Å²) in [5, 5.41) is 2.42. The number of nitrogens with one attached hydrogen (secondary N) is 1. The number of hydrogen-bond acceptors (Lipinski definition) is 2. The molecule has 1 N–H and O–H groups in total. The quantitative estimate of drug-likeness (QED) is 0.563. The molecule has 33 heavy (non-hydrogen) atoms. The number of amides is 2. The van der Waals surface area contributed by atoms with Crippen LogP contribution in [0.25, 0.3) is 0 Å². The largest absolute Gasteiger partial charge is 0.416 e. The molecule has 4 nitrogen and oxygen atoms in total. The molecule has 1 heterocycles. The molecule has 0 saturated carbocycles. The summed E-state index contributed by atoms with van der Waals surface area (Å²) >= 11 is 0. The molecular formula is C22H24ClF6N3O. The predicted molar refractivity (Wildman–Crippen MR) is 114 cm³/mol. The topological polar surface area (TPSA) is 35.6 Å². The van der Waals surface area contributed by atoms with E-state index in [-0.39, 0.29) is 18.5 Å². The zero-order valence-corrected chi connectivity index (χ0v) is 18.4. The van der Waals surface area contributed by atoms with E-state index in [9.17, 15) is 31.1 Å². The first-order valence-corrected chi connectivity index (χ1v) is 10.1. The summed E-state index contributed by atoms with van der Waals surface area (Å²) in [7, 11) is 0. The molecule has 1 fully saturated rings. The highest BCUT2D eigenvalue weighted by molar-refractivity contribution is 5.85. The van der Waals surface area contributed by atoms with Crippen LogP contribution in [0.5, 0.6) is 0 Å². The maximum Gasteiger partial charge on any atom is 0.416 e. The molecule has 1 aliphatic heterocycles. The summed E-state index contributed by atoms with van der Waals surface area (Å²) in [5.74, 6) is 0. The number of rotatable bonds is 4. The van der Waals surface area contributed by atoms with Crippen LogP contribution in [0.15, 0.2) is 48.5 Å². The molecule has 182 valence electrons. The Morgan fingerprint density at radius 1 is 0.879 bits per heavy atom. The predicted octanol–water partition coefficient (Wildman–Crippen LogP) is 5.56. The van der Waals surface area contributed by atoms with Crippen LogP contribution in [0.1, 0.15) is 28.7 Å². The molecule has 0 radical (unpaired) electrons. The molecule has 0 atom stereocenters. The summed E-state index contributed by atoms with van der Waals surface area (Å²) in [6.45, 7) is 2.44. The van der Waals surface area contributed by atoms with Crippen molar-refractivity contribution < 1.29 is 31.1 Å². The van der Waals surface area contributed by atoms with Gasteiger partial charge in [0.1, 0.15) is 0 Å². The van der Waals surface area contributed by atoms with E-state index in [0.29, 0.717) is 32.1 Å². The Morgan fingerprint density at radius 2 is 1.58 bits per heavy atom. The van der Waals surface area contributed by atoms with Gasteiger partial charge >= 0.3 is 18.4 Å². The maximum absolute atomic E-state index is 13.3. The van der Waals surface area contributed by atoms with Gasteiger partial charge in [-0.1, -0.05) is 36.4 Å². The first-order valence-electron chi connectivity index (χ1n) is 10.1. The second-order valence-electron chi connectivity index (χ2n) is 7.63. The Morgan fingerprint density at radius 3 is 2.21 bits per heavy atom. The second-order valence-corrected chi connectivity index (χ2v) is 7.63. The minimum atomic E-state index is -4.97. The van der Waals surface area contributed by atoms with E-state index in [1.54, 1.807) is 0 Å². The van der Waals surface area contributed by atoms with Gasteiger partial charge in [-0.2, -0.15) is 26.3 Å². The van der Waals surface area contributed by atoms with Crippen molar-refractivity contribution in [1.29, 1.82) is 0 Å². The van der Waals surface area contributed by atoms with Crippen LogP contribution in [0, 0.1) is 0 Å². The van der Waals surface area contributed by atoms with Gasteiger partial charge in [-0.05, 0) is 29.7 Å². The molecule has 11 heteroatoms. The highest BCUT2D eigenvalue weighted by Gasteiger charge is 2.38. The summed E-state index contributed by atoms with van der Waals surface area (Å²) in [5.41, 5.74) is -2.06. The molecule has 2 aromatic rings. The van der Waals surface area contributed by atoms with E-state index in [1.165, 1.54) is 4.90 Å². The number of hydrogen-bond donors (Lipinski definition) is 1. The van der Waals surface area contributed by atoms with E-state index < -0.39 is 41.6 Å². The van der Waals surface area contributed by atoms with Crippen molar-refractivity contribution in [3.63, 3.8) is 0 Å². The first kappa shape index (κ1) is 26.8. The normalized spacial score (nSPS) is 15.5. The lowest BCUT2D eigenvalue weighted by atomic mass is 10.0. The van der Waals surface area contributed by atoms with Crippen LogP contribution < -0.4 is 5.32 Å². The first-order chi connectivity index (χ1) is 15.0. The van der Waals surface area contributed by atoms with Crippen molar-refractivity contribution >= 4 is 18.4 Å². The zero-order chi connectivity index (χ0) is 23.4. The number of carbonyl (C=O) groups excluding carboxylic acids is 1. The Bertz CT molecular complexity index is 921. The number of urea groups is 1. The third-order valence-corrected chi connectivity index (χ3v) is 5.30. The molecule has 0 bridgehead atoms. The van der Waals surface area contributed by atoms with Crippen molar-refractivity contribution in [2.75, 3.05) is 26.2 Å². The van der Waals surface area contributed by atoms with E-state index >= 15 is 0 Å². The molecule has 1 aliphatic rings. The molecule has 0 aromatic heterocycles. The minimum Gasteiger partial charge on any atom is -0.334 e. The molecule has 2 aromatic carbocycles. The van der Waals surface area contributed by atoms with E-state index in [1.807, 2.05) is 30.3 Å². The van der Waals surface area contributed by atoms with Gasteiger partial charge in [0.15, 0.2) is 0 Å². The highest BCUT2D eigenvalue weighted by atomic mass is 35.5. The summed E-state index contributed by atoms with van der Waals surface area (Å²) in [4.78, 5) is 16.2. The molecule has 0 unspecified atom stereocenters. The number of nitrogens with zero attached hydrogens (tertiary/aromatic N) is 2. The summed E-state index contributed by atoms with van der Waals surface area (Å²) in [6, 6.07) is 10.7. The Hall–Kier alpha value is -2.46. The molecule has 0 spiro atoms. The number of benzene rings is 2. The van der Waals surface area contributed by atoms with Crippen LogP contribution in [0.3, 0.4) is 0 Å². The molecule has 1 saturated heterocycles. The highest BCUT2D eigenvalue weighted by Crippen LogP contribution is 2.37. The molecule has 0 aliphatic carbocycles. The average Bonchev–Trinajstić information content (AvgIpc) is 2.97. The van der Waals surface area contributed by atoms with Gasteiger partial charge < -0.3 is 10.2 Å². The van der Waals surface area contributed by atoms with E-state index in [0.717, 1.165) is 24.7 Å². The van der Waals surface area contributed by atoms with Crippen LogP contribution in [0.4, 0.5) is 31.1 Å². The smallest absolute Gasteiger partial charge is 0.334 e. The zero-order valence-electron chi connectivity index (χ0n) is 17.5. The van der Waals surface area contributed by atoms with Gasteiger partial charge in [0, 0.05) is 39.3 Å². The van der Waals surface area contributed by atoms with Crippen molar-refractivity contribution in [2.45, 2.75) is 31.9 Å². The fourth-order valence-electron chi connectivity index (χ4n) is 3.63. The lowest BCUT2D eigenvalue weighted by Gasteiger charge is -2.23. The Kier molecular flexibility index (Phi) is 9.02. The second kappa shape index (κ2) is 11.1. The van der Waals surface area contributed by atoms with Gasteiger partial charge in [0.25, 0.3) is 0 Å². The average molecular weight is 496 g/mol. The standard InChI is InChI=1S/C22H23F6N3O.ClH/c23-21(24,25)18-8-7-17(19(13-18)22(26,27)28)14-29-20(32)31-10-4-9-30(11-12-31)15-16-5-2-1-3-6-16;/h1-3,5-8,13H,4,9-12,14-15H2,(H,29,32);1H. The van der Waals surface area contributed by atoms with Crippen LogP contribution in [-0.2, 0) is 25.4 Å². The van der Waals surface area contributed by atoms with Gasteiger partial charge in [-0.25, -0.2) is 4.79 Å². The number of alkyl halides is 6. The lowest BCUT2D eigenvalue weighted by molar-refractivity contribution is -0.143. The van der Waals surface area contributed by atoms with Crippen molar-refractivity contribution in [3.8, 4) is 0 Å². The van der Waals surface area contributed by atoms with Crippen LogP contribution >= 0.6 is 12.4 Å². The van der Waals surface area contributed by atoms with Gasteiger partial charge in [-0.15, -0.1) is 12.4 Å². The van der Waals surface area contributed by atoms with Crippen molar-refractivity contribution in [1.82, 2.24) is 15.1 Å². The van der Waals surface area contributed by atoms with E-state index in [2.05, 4.69) is 10.2 Å². The number of halogens is 7.